The molecule has 0 aliphatic rings. The highest BCUT2D eigenvalue weighted by molar-refractivity contribution is 6.37. The Morgan fingerprint density at radius 3 is 2.77 bits per heavy atom. The van der Waals surface area contributed by atoms with E-state index in [0.717, 1.165) is 6.08 Å². The molecule has 30 heavy (non-hydrogen) atoms. The molecule has 2 rings (SSSR count). The fourth-order valence-electron chi connectivity index (χ4n) is 2.18. The lowest BCUT2D eigenvalue weighted by Crippen LogP contribution is -2.21. The first-order chi connectivity index (χ1) is 14.3. The van der Waals surface area contributed by atoms with Crippen LogP contribution in [-0.2, 0) is 14.3 Å². The van der Waals surface area contributed by atoms with Crippen LogP contribution in [-0.4, -0.2) is 37.2 Å². The number of amides is 1. The van der Waals surface area contributed by atoms with E-state index in [1.807, 2.05) is 6.07 Å². The molecule has 1 heterocycles. The van der Waals surface area contributed by atoms with Crippen LogP contribution < -0.4 is 14.8 Å². The number of nitriles is 1. The topological polar surface area (TPSA) is 111 Å². The monoisotopic (exact) mass is 449 g/mol. The molecule has 0 saturated heterocycles. The normalized spacial score (nSPS) is 10.4. The summed E-state index contributed by atoms with van der Waals surface area (Å²) in [5, 5.41) is 11.6. The SMILES string of the molecule is COc1cc(C=CC(=O)OCC(=O)Nc2ncc(Cl)c(C)c2Cl)ccc1OCC#N. The van der Waals surface area contributed by atoms with Crippen molar-refractivity contribution in [2.24, 2.45) is 0 Å². The van der Waals surface area contributed by atoms with Crippen molar-refractivity contribution >= 4 is 47.0 Å². The number of nitrogens with zero attached hydrogens (tertiary/aromatic N) is 2. The zero-order valence-corrected chi connectivity index (χ0v) is 17.6. The van der Waals surface area contributed by atoms with Crippen molar-refractivity contribution in [2.75, 3.05) is 25.6 Å². The summed E-state index contributed by atoms with van der Waals surface area (Å²) in [6, 6.07) is 6.77. The van der Waals surface area contributed by atoms with Crippen LogP contribution in [0.5, 0.6) is 11.5 Å². The maximum atomic E-state index is 11.9. The summed E-state index contributed by atoms with van der Waals surface area (Å²) >= 11 is 12.0. The minimum Gasteiger partial charge on any atom is -0.493 e. The van der Waals surface area contributed by atoms with Gasteiger partial charge < -0.3 is 19.5 Å². The molecule has 1 amide bonds. The van der Waals surface area contributed by atoms with E-state index in [4.69, 9.17) is 42.7 Å². The van der Waals surface area contributed by atoms with Crippen LogP contribution in [0.1, 0.15) is 11.1 Å². The van der Waals surface area contributed by atoms with Crippen molar-refractivity contribution in [1.82, 2.24) is 4.98 Å². The number of benzene rings is 1. The summed E-state index contributed by atoms with van der Waals surface area (Å²) in [6.45, 7) is 1.05. The van der Waals surface area contributed by atoms with Gasteiger partial charge in [0, 0.05) is 12.3 Å². The summed E-state index contributed by atoms with van der Waals surface area (Å²) in [4.78, 5) is 27.7. The summed E-state index contributed by atoms with van der Waals surface area (Å²) < 4.78 is 15.3. The van der Waals surface area contributed by atoms with Crippen LogP contribution in [0.25, 0.3) is 6.08 Å². The number of nitrogens with one attached hydrogen (secondary N) is 1. The van der Waals surface area contributed by atoms with Gasteiger partial charge in [0.05, 0.1) is 17.2 Å². The van der Waals surface area contributed by atoms with E-state index < -0.39 is 18.5 Å². The number of halogens is 2. The lowest BCUT2D eigenvalue weighted by atomic mass is 10.2. The number of carbonyl (C=O) groups excluding carboxylic acids is 2. The Hall–Kier alpha value is -3.28. The maximum absolute atomic E-state index is 11.9. The molecule has 0 unspecified atom stereocenters. The second kappa shape index (κ2) is 11.0. The van der Waals surface area contributed by atoms with E-state index >= 15 is 0 Å². The van der Waals surface area contributed by atoms with Gasteiger partial charge in [0.25, 0.3) is 5.91 Å². The summed E-state index contributed by atoms with van der Waals surface area (Å²) in [5.41, 5.74) is 1.20. The Bertz CT molecular complexity index is 1020. The largest absolute Gasteiger partial charge is 0.493 e. The zero-order chi connectivity index (χ0) is 22.1. The van der Waals surface area contributed by atoms with Crippen molar-refractivity contribution < 1.29 is 23.8 Å². The molecule has 2 aromatic rings. The standard InChI is InChI=1S/C20H17Cl2N3O5/c1-12-14(21)10-24-20(19(12)22)25-17(26)11-30-18(27)6-4-13-3-5-15(29-8-7-23)16(9-13)28-2/h3-6,9-10H,8,11H2,1-2H3,(H,24,25,26). The molecule has 0 bridgehead atoms. The van der Waals surface area contributed by atoms with Crippen LogP contribution in [0.4, 0.5) is 5.82 Å². The quantitative estimate of drug-likeness (QED) is 0.481. The lowest BCUT2D eigenvalue weighted by molar-refractivity contribution is -0.142. The number of anilines is 1. The van der Waals surface area contributed by atoms with Gasteiger partial charge in [-0.3, -0.25) is 4.79 Å². The van der Waals surface area contributed by atoms with Gasteiger partial charge in [0.2, 0.25) is 0 Å². The van der Waals surface area contributed by atoms with E-state index in [0.29, 0.717) is 27.6 Å². The first-order valence-corrected chi connectivity index (χ1v) is 9.24. The second-order valence-corrected chi connectivity index (χ2v) is 6.53. The van der Waals surface area contributed by atoms with Gasteiger partial charge in [-0.15, -0.1) is 0 Å². The number of pyridine rings is 1. The number of rotatable bonds is 8. The van der Waals surface area contributed by atoms with E-state index in [1.165, 1.54) is 19.4 Å². The van der Waals surface area contributed by atoms with Crippen LogP contribution in [0.2, 0.25) is 10.0 Å². The zero-order valence-electron chi connectivity index (χ0n) is 16.1. The molecule has 1 N–H and O–H groups in total. The number of hydrogen-bond acceptors (Lipinski definition) is 7. The van der Waals surface area contributed by atoms with E-state index in [2.05, 4.69) is 10.3 Å². The van der Waals surface area contributed by atoms with Gasteiger partial charge >= 0.3 is 5.97 Å². The smallest absolute Gasteiger partial charge is 0.331 e. The highest BCUT2D eigenvalue weighted by atomic mass is 35.5. The molecule has 156 valence electrons. The molecule has 1 aromatic heterocycles. The fraction of sp³-hybridized carbons (Fsp3) is 0.200. The highest BCUT2D eigenvalue weighted by Crippen LogP contribution is 2.29. The second-order valence-electron chi connectivity index (χ2n) is 5.74. The molecule has 0 aliphatic carbocycles. The summed E-state index contributed by atoms with van der Waals surface area (Å²) in [5.74, 6) is -0.391. The van der Waals surface area contributed by atoms with Crippen molar-refractivity contribution in [3.8, 4) is 17.6 Å². The summed E-state index contributed by atoms with van der Waals surface area (Å²) in [6.07, 6.45) is 4.01. The van der Waals surface area contributed by atoms with Gasteiger partial charge in [0.1, 0.15) is 6.07 Å². The number of aromatic nitrogens is 1. The maximum Gasteiger partial charge on any atom is 0.331 e. The molecule has 0 saturated carbocycles. The predicted molar refractivity (Wildman–Crippen MR) is 112 cm³/mol. The first kappa shape index (κ1) is 23.0. The van der Waals surface area contributed by atoms with E-state index in [-0.39, 0.29) is 17.4 Å². The van der Waals surface area contributed by atoms with Crippen molar-refractivity contribution in [1.29, 1.82) is 5.26 Å². The molecule has 10 heteroatoms. The van der Waals surface area contributed by atoms with E-state index in [9.17, 15) is 9.59 Å². The molecule has 0 radical (unpaired) electrons. The lowest BCUT2D eigenvalue weighted by Gasteiger charge is -2.09. The third-order valence-corrected chi connectivity index (χ3v) is 4.54. The molecule has 0 atom stereocenters. The van der Waals surface area contributed by atoms with Crippen LogP contribution in [0.15, 0.2) is 30.5 Å². The van der Waals surface area contributed by atoms with Crippen molar-refractivity contribution in [3.63, 3.8) is 0 Å². The predicted octanol–water partition coefficient (Wildman–Crippen LogP) is 3.80. The van der Waals surface area contributed by atoms with Gasteiger partial charge in [-0.25, -0.2) is 9.78 Å². The third-order valence-electron chi connectivity index (χ3n) is 3.70. The van der Waals surface area contributed by atoms with Crippen LogP contribution in [0.3, 0.4) is 0 Å². The average molecular weight is 450 g/mol. The minimum atomic E-state index is -0.722. The van der Waals surface area contributed by atoms with Gasteiger partial charge in [0.15, 0.2) is 30.5 Å². The molecule has 0 fully saturated rings. The van der Waals surface area contributed by atoms with Crippen LogP contribution in [0, 0.1) is 18.3 Å². The van der Waals surface area contributed by atoms with Crippen molar-refractivity contribution in [3.05, 3.63) is 51.6 Å². The summed E-state index contributed by atoms with van der Waals surface area (Å²) in [7, 11) is 1.46. The Balaban J connectivity index is 1.91. The first-order valence-electron chi connectivity index (χ1n) is 8.48. The Morgan fingerprint density at radius 2 is 2.07 bits per heavy atom. The Kier molecular flexibility index (Phi) is 8.47. The Labute approximate surface area is 183 Å². The Morgan fingerprint density at radius 1 is 1.30 bits per heavy atom. The number of carbonyl (C=O) groups is 2. The van der Waals surface area contributed by atoms with E-state index in [1.54, 1.807) is 25.1 Å². The molecule has 1 aromatic carbocycles. The number of methoxy groups -OCH3 is 1. The molecular weight excluding hydrogens is 433 g/mol. The molecule has 0 aliphatic heterocycles. The minimum absolute atomic E-state index is 0.115. The molecule has 0 spiro atoms. The fourth-order valence-corrected chi connectivity index (χ4v) is 2.57. The third kappa shape index (κ3) is 6.37. The van der Waals surface area contributed by atoms with Gasteiger partial charge in [-0.05, 0) is 36.3 Å². The number of hydrogen-bond donors (Lipinski definition) is 1. The number of esters is 1. The van der Waals surface area contributed by atoms with Gasteiger partial charge in [-0.1, -0.05) is 29.3 Å². The molecular formula is C20H17Cl2N3O5. The van der Waals surface area contributed by atoms with Crippen molar-refractivity contribution in [2.45, 2.75) is 6.92 Å². The number of ether oxygens (including phenoxy) is 3. The van der Waals surface area contributed by atoms with Gasteiger partial charge in [-0.2, -0.15) is 5.26 Å². The molecule has 8 nitrogen and oxygen atoms in total. The van der Waals surface area contributed by atoms with Crippen LogP contribution >= 0.6 is 23.2 Å². The highest BCUT2D eigenvalue weighted by Gasteiger charge is 2.12. The average Bonchev–Trinajstić information content (AvgIpc) is 2.75.